The van der Waals surface area contributed by atoms with Gasteiger partial charge in [-0.3, -0.25) is 14.5 Å². The van der Waals surface area contributed by atoms with Gasteiger partial charge in [-0.05, 0) is 55.1 Å². The van der Waals surface area contributed by atoms with Gasteiger partial charge in [-0.25, -0.2) is 0 Å². The van der Waals surface area contributed by atoms with Gasteiger partial charge in [0.1, 0.15) is 10.4 Å². The number of likely N-dealkylation sites (tertiary alicyclic amines) is 1. The average molecular weight is 550 g/mol. The first-order valence-corrected chi connectivity index (χ1v) is 14.3. The lowest BCUT2D eigenvalue weighted by molar-refractivity contribution is 0.0693. The van der Waals surface area contributed by atoms with Gasteiger partial charge in [-0.15, -0.1) is 11.3 Å². The van der Waals surface area contributed by atoms with Crippen LogP contribution in [0.1, 0.15) is 58.7 Å². The van der Waals surface area contributed by atoms with Crippen LogP contribution in [-0.4, -0.2) is 33.1 Å². The van der Waals surface area contributed by atoms with Crippen molar-refractivity contribution < 1.29 is 9.90 Å². The molecule has 0 saturated carbocycles. The minimum absolute atomic E-state index is 0.0336. The van der Waals surface area contributed by atoms with Crippen molar-refractivity contribution in [2.24, 2.45) is 0 Å². The first-order chi connectivity index (χ1) is 18.4. The monoisotopic (exact) mass is 549 g/mol. The van der Waals surface area contributed by atoms with Gasteiger partial charge in [0.2, 0.25) is 5.43 Å². The lowest BCUT2D eigenvalue weighted by Crippen LogP contribution is -2.33. The van der Waals surface area contributed by atoms with Crippen LogP contribution in [0.2, 0.25) is 5.02 Å². The van der Waals surface area contributed by atoms with E-state index in [1.807, 2.05) is 53.1 Å². The van der Waals surface area contributed by atoms with Crippen LogP contribution in [0.3, 0.4) is 0 Å². The summed E-state index contributed by atoms with van der Waals surface area (Å²) >= 11 is 7.56. The molecular formula is C30H32ClN3O3S. The van der Waals surface area contributed by atoms with Gasteiger partial charge >= 0.3 is 0 Å². The number of thiophene rings is 1. The number of pyridine rings is 1. The van der Waals surface area contributed by atoms with Crippen molar-refractivity contribution in [3.05, 3.63) is 104 Å². The number of hydrogen-bond donors (Lipinski definition) is 2. The molecule has 2 atom stereocenters. The number of aliphatic hydroxyl groups excluding tert-OH is 1. The Morgan fingerprint density at radius 2 is 1.95 bits per heavy atom. The molecule has 5 rings (SSSR count). The molecule has 1 aliphatic heterocycles. The second-order valence-electron chi connectivity index (χ2n) is 9.84. The largest absolute Gasteiger partial charge is 0.387 e. The molecular weight excluding hydrogens is 518 g/mol. The van der Waals surface area contributed by atoms with Crippen molar-refractivity contribution in [3.8, 4) is 0 Å². The number of aliphatic hydroxyl groups is 1. The molecule has 1 fully saturated rings. The Morgan fingerprint density at radius 3 is 2.68 bits per heavy atom. The lowest BCUT2D eigenvalue weighted by Gasteiger charge is -2.28. The van der Waals surface area contributed by atoms with E-state index in [0.717, 1.165) is 46.6 Å². The van der Waals surface area contributed by atoms with E-state index in [9.17, 15) is 14.7 Å². The number of carbonyl (C=O) groups is 1. The zero-order chi connectivity index (χ0) is 26.6. The molecule has 38 heavy (non-hydrogen) atoms. The fraction of sp³-hybridized carbons (Fsp3) is 0.333. The minimum Gasteiger partial charge on any atom is -0.387 e. The third kappa shape index (κ3) is 5.71. The highest BCUT2D eigenvalue weighted by Gasteiger charge is 2.32. The van der Waals surface area contributed by atoms with E-state index in [-0.39, 0.29) is 22.9 Å². The van der Waals surface area contributed by atoms with E-state index in [0.29, 0.717) is 30.0 Å². The number of aryl methyl sites for hydroxylation is 1. The predicted octanol–water partition coefficient (Wildman–Crippen LogP) is 5.75. The number of halogens is 1. The Kier molecular flexibility index (Phi) is 8.29. The van der Waals surface area contributed by atoms with Crippen molar-refractivity contribution in [1.29, 1.82) is 0 Å². The van der Waals surface area contributed by atoms with Crippen LogP contribution < -0.4 is 10.7 Å². The molecule has 3 heterocycles. The molecule has 0 aliphatic carbocycles. The first kappa shape index (κ1) is 26.6. The van der Waals surface area contributed by atoms with Crippen molar-refractivity contribution in [3.63, 3.8) is 0 Å². The highest BCUT2D eigenvalue weighted by atomic mass is 35.5. The van der Waals surface area contributed by atoms with Crippen LogP contribution in [0.4, 0.5) is 0 Å². The van der Waals surface area contributed by atoms with Gasteiger partial charge < -0.3 is 15.0 Å². The minimum atomic E-state index is -0.552. The van der Waals surface area contributed by atoms with Crippen LogP contribution >= 0.6 is 22.9 Å². The van der Waals surface area contributed by atoms with Crippen LogP contribution in [0.5, 0.6) is 0 Å². The second-order valence-corrected chi connectivity index (χ2v) is 11.4. The van der Waals surface area contributed by atoms with Crippen LogP contribution in [0, 0.1) is 0 Å². The summed E-state index contributed by atoms with van der Waals surface area (Å²) in [7, 11) is 0. The van der Waals surface area contributed by atoms with E-state index in [1.165, 1.54) is 0 Å². The summed E-state index contributed by atoms with van der Waals surface area (Å²) < 4.78 is 2.03. The van der Waals surface area contributed by atoms with Gasteiger partial charge in [0.25, 0.3) is 5.91 Å². The smallest absolute Gasteiger partial charge is 0.257 e. The number of amides is 1. The maximum absolute atomic E-state index is 13.5. The van der Waals surface area contributed by atoms with Gasteiger partial charge in [-0.1, -0.05) is 61.0 Å². The van der Waals surface area contributed by atoms with Crippen LogP contribution in [-0.2, 0) is 19.6 Å². The molecule has 0 bridgehead atoms. The molecule has 1 saturated heterocycles. The van der Waals surface area contributed by atoms with Crippen LogP contribution in [0.25, 0.3) is 10.2 Å². The Bertz CT molecular complexity index is 1470. The van der Waals surface area contributed by atoms with Crippen LogP contribution in [0.15, 0.2) is 71.7 Å². The number of carbonyl (C=O) groups excluding carboxylic acids is 1. The third-order valence-electron chi connectivity index (χ3n) is 7.15. The van der Waals surface area contributed by atoms with Gasteiger partial charge in [0.15, 0.2) is 0 Å². The van der Waals surface area contributed by atoms with E-state index < -0.39 is 6.10 Å². The third-order valence-corrected chi connectivity index (χ3v) is 8.56. The zero-order valence-electron chi connectivity index (χ0n) is 21.4. The SMILES string of the molecule is CCCn1cc(C(=O)NCc2ccc(Cl)cc2)c(=O)c2cc(CN3CCCC3[C@@H](O)c3ccccc3)sc21. The number of nitrogens with zero attached hydrogens (tertiary/aromatic N) is 2. The van der Waals surface area contributed by atoms with Gasteiger partial charge in [-0.2, -0.15) is 0 Å². The molecule has 8 heteroatoms. The summed E-state index contributed by atoms with van der Waals surface area (Å²) in [4.78, 5) is 30.8. The Labute approximate surface area is 231 Å². The molecule has 2 aromatic carbocycles. The molecule has 1 unspecified atom stereocenters. The molecule has 1 amide bonds. The average Bonchev–Trinajstić information content (AvgIpc) is 3.58. The maximum Gasteiger partial charge on any atom is 0.257 e. The molecule has 0 radical (unpaired) electrons. The van der Waals surface area contributed by atoms with Crippen molar-refractivity contribution in [2.45, 2.75) is 58.0 Å². The number of rotatable bonds is 9. The number of fused-ring (bicyclic) bond motifs is 1. The molecule has 6 nitrogen and oxygen atoms in total. The summed E-state index contributed by atoms with van der Waals surface area (Å²) in [5.74, 6) is -0.380. The summed E-state index contributed by atoms with van der Waals surface area (Å²) in [6.07, 6.45) is 3.99. The number of benzene rings is 2. The maximum atomic E-state index is 13.5. The highest BCUT2D eigenvalue weighted by molar-refractivity contribution is 7.18. The normalized spacial score (nSPS) is 16.7. The summed E-state index contributed by atoms with van der Waals surface area (Å²) in [6.45, 7) is 4.68. The fourth-order valence-corrected chi connectivity index (χ4v) is 6.53. The second kappa shape index (κ2) is 11.8. The van der Waals surface area contributed by atoms with E-state index in [4.69, 9.17) is 11.6 Å². The van der Waals surface area contributed by atoms with E-state index in [2.05, 4.69) is 17.1 Å². The Balaban J connectivity index is 1.39. The van der Waals surface area contributed by atoms with E-state index >= 15 is 0 Å². The molecule has 4 aromatic rings. The zero-order valence-corrected chi connectivity index (χ0v) is 23.0. The first-order valence-electron chi connectivity index (χ1n) is 13.1. The molecule has 2 N–H and O–H groups in total. The number of hydrogen-bond acceptors (Lipinski definition) is 5. The highest BCUT2D eigenvalue weighted by Crippen LogP contribution is 2.33. The predicted molar refractivity (Wildman–Crippen MR) is 154 cm³/mol. The van der Waals surface area contributed by atoms with E-state index in [1.54, 1.807) is 29.7 Å². The summed E-state index contributed by atoms with van der Waals surface area (Å²) in [5.41, 5.74) is 1.75. The number of nitrogens with one attached hydrogen (secondary N) is 1. The molecule has 1 aliphatic rings. The van der Waals surface area contributed by atoms with Gasteiger partial charge in [0.05, 0.1) is 11.5 Å². The Morgan fingerprint density at radius 1 is 1.18 bits per heavy atom. The van der Waals surface area contributed by atoms with Gasteiger partial charge in [0, 0.05) is 41.8 Å². The van der Waals surface area contributed by atoms with Crippen molar-refractivity contribution in [1.82, 2.24) is 14.8 Å². The Hall–Kier alpha value is -2.97. The summed E-state index contributed by atoms with van der Waals surface area (Å²) in [6, 6.07) is 19.0. The lowest BCUT2D eigenvalue weighted by atomic mass is 10.0. The topological polar surface area (TPSA) is 74.6 Å². The fourth-order valence-electron chi connectivity index (χ4n) is 5.23. The van der Waals surface area contributed by atoms with Crippen molar-refractivity contribution >= 4 is 39.1 Å². The molecule has 2 aromatic heterocycles. The summed E-state index contributed by atoms with van der Waals surface area (Å²) in [5, 5.41) is 15.2. The van der Waals surface area contributed by atoms with Crippen molar-refractivity contribution in [2.75, 3.05) is 6.54 Å². The quantitative estimate of drug-likeness (QED) is 0.278. The standard InChI is InChI=1S/C30H32ClN3O3S/c1-2-14-34-19-25(29(37)32-17-20-10-12-22(31)13-11-20)28(36)24-16-23(38-30(24)34)18-33-15-6-9-26(33)27(35)21-7-4-3-5-8-21/h3-5,7-8,10-13,16,19,26-27,35H,2,6,9,14-15,17-18H2,1H3,(H,32,37)/t26?,27-/m0/s1. The molecule has 198 valence electrons. The molecule has 0 spiro atoms. The number of aromatic nitrogens is 1.